The molecule has 0 bridgehead atoms. The summed E-state index contributed by atoms with van der Waals surface area (Å²) < 4.78 is 37.2. The number of benzene rings is 1. The van der Waals surface area contributed by atoms with E-state index < -0.39 is 11.6 Å². The normalized spacial score (nSPS) is 10.6. The first kappa shape index (κ1) is 14.9. The lowest BCUT2D eigenvalue weighted by molar-refractivity contribution is 0.218. The quantitative estimate of drug-likeness (QED) is 0.915. The maximum atomic E-state index is 13.6. The summed E-state index contributed by atoms with van der Waals surface area (Å²) in [7, 11) is 1.60. The van der Waals surface area contributed by atoms with Crippen LogP contribution in [0.15, 0.2) is 18.2 Å². The van der Waals surface area contributed by atoms with Crippen LogP contribution >= 0.6 is 0 Å². The van der Waals surface area contributed by atoms with Gasteiger partial charge in [-0.25, -0.2) is 4.39 Å². The van der Waals surface area contributed by atoms with E-state index in [1.54, 1.807) is 20.9 Å². The predicted octanol–water partition coefficient (Wildman–Crippen LogP) is 2.77. The van der Waals surface area contributed by atoms with Gasteiger partial charge in [-0.05, 0) is 26.0 Å². The van der Waals surface area contributed by atoms with Crippen LogP contribution < -0.4 is 14.8 Å². The van der Waals surface area contributed by atoms with Crippen molar-refractivity contribution in [2.24, 2.45) is 0 Å². The Balaban J connectivity index is 2.32. The Morgan fingerprint density at radius 3 is 2.48 bits per heavy atom. The summed E-state index contributed by atoms with van der Waals surface area (Å²) in [5.74, 6) is -2.27. The maximum absolute atomic E-state index is 13.6. The van der Waals surface area contributed by atoms with E-state index in [4.69, 9.17) is 9.47 Å². The molecule has 0 saturated heterocycles. The smallest absolute Gasteiger partial charge is 0.330 e. The fourth-order valence-electron chi connectivity index (χ4n) is 1.42. The summed E-state index contributed by atoms with van der Waals surface area (Å²) in [5.41, 5.74) is 0. The van der Waals surface area contributed by atoms with Gasteiger partial charge in [0, 0.05) is 7.05 Å². The van der Waals surface area contributed by atoms with Crippen LogP contribution in [0.2, 0.25) is 0 Å². The third-order valence-corrected chi connectivity index (χ3v) is 2.28. The van der Waals surface area contributed by atoms with Gasteiger partial charge in [-0.1, -0.05) is 6.07 Å². The second-order valence-corrected chi connectivity index (χ2v) is 4.29. The number of nitrogens with zero attached hydrogens (tertiary/aromatic N) is 3. The molecule has 0 amide bonds. The van der Waals surface area contributed by atoms with Crippen molar-refractivity contribution in [1.29, 1.82) is 0 Å². The van der Waals surface area contributed by atoms with Crippen LogP contribution in [0.1, 0.15) is 13.8 Å². The molecule has 1 heterocycles. The van der Waals surface area contributed by atoms with Crippen LogP contribution in [0.4, 0.5) is 14.7 Å². The van der Waals surface area contributed by atoms with E-state index in [-0.39, 0.29) is 29.8 Å². The highest BCUT2D eigenvalue weighted by Crippen LogP contribution is 2.25. The Bertz CT molecular complexity index is 638. The summed E-state index contributed by atoms with van der Waals surface area (Å²) in [4.78, 5) is 11.8. The van der Waals surface area contributed by atoms with Crippen molar-refractivity contribution in [3.8, 4) is 17.8 Å². The molecule has 0 fully saturated rings. The van der Waals surface area contributed by atoms with Gasteiger partial charge in [0.05, 0.1) is 6.10 Å². The molecule has 0 unspecified atom stereocenters. The molecule has 8 heteroatoms. The second kappa shape index (κ2) is 6.29. The van der Waals surface area contributed by atoms with E-state index >= 15 is 0 Å². The summed E-state index contributed by atoms with van der Waals surface area (Å²) >= 11 is 0. The van der Waals surface area contributed by atoms with E-state index in [0.29, 0.717) is 0 Å². The Hall–Kier alpha value is -2.51. The molecule has 0 aliphatic carbocycles. The average molecular weight is 296 g/mol. The van der Waals surface area contributed by atoms with Crippen molar-refractivity contribution in [3.63, 3.8) is 0 Å². The first-order valence-electron chi connectivity index (χ1n) is 6.22. The Morgan fingerprint density at radius 2 is 1.81 bits per heavy atom. The molecule has 0 aliphatic heterocycles. The van der Waals surface area contributed by atoms with Crippen LogP contribution in [-0.2, 0) is 0 Å². The molecule has 1 aromatic heterocycles. The van der Waals surface area contributed by atoms with E-state index in [2.05, 4.69) is 20.3 Å². The van der Waals surface area contributed by atoms with Gasteiger partial charge in [0.1, 0.15) is 0 Å². The van der Waals surface area contributed by atoms with Gasteiger partial charge in [0.15, 0.2) is 11.6 Å². The van der Waals surface area contributed by atoms with E-state index in [9.17, 15) is 8.78 Å². The first-order chi connectivity index (χ1) is 9.99. The zero-order valence-corrected chi connectivity index (χ0v) is 11.7. The molecular formula is C13H14F2N4O2. The Labute approximate surface area is 120 Å². The van der Waals surface area contributed by atoms with Crippen molar-refractivity contribution < 1.29 is 18.3 Å². The SMILES string of the molecule is CNc1nc(Oc2cccc(F)c2F)nc(OC(C)C)n1. The van der Waals surface area contributed by atoms with Crippen molar-refractivity contribution in [3.05, 3.63) is 29.8 Å². The van der Waals surface area contributed by atoms with Gasteiger partial charge in [-0.2, -0.15) is 14.4 Å². The average Bonchev–Trinajstić information content (AvgIpc) is 2.43. The zero-order valence-electron chi connectivity index (χ0n) is 11.7. The number of aromatic nitrogens is 3. The summed E-state index contributed by atoms with van der Waals surface area (Å²) in [6, 6.07) is 3.40. The lowest BCUT2D eigenvalue weighted by atomic mass is 10.3. The van der Waals surface area contributed by atoms with Crippen LogP contribution in [-0.4, -0.2) is 28.1 Å². The first-order valence-corrected chi connectivity index (χ1v) is 6.22. The summed E-state index contributed by atoms with van der Waals surface area (Å²) in [6.45, 7) is 3.60. The number of rotatable bonds is 5. The number of hydrogen-bond acceptors (Lipinski definition) is 6. The van der Waals surface area contributed by atoms with Gasteiger partial charge in [-0.15, -0.1) is 4.98 Å². The minimum Gasteiger partial charge on any atom is -0.461 e. The monoisotopic (exact) mass is 296 g/mol. The fourth-order valence-corrected chi connectivity index (χ4v) is 1.42. The van der Waals surface area contributed by atoms with Gasteiger partial charge >= 0.3 is 12.0 Å². The second-order valence-electron chi connectivity index (χ2n) is 4.29. The fraction of sp³-hybridized carbons (Fsp3) is 0.308. The molecular weight excluding hydrogens is 282 g/mol. The highest BCUT2D eigenvalue weighted by molar-refractivity contribution is 5.31. The molecule has 21 heavy (non-hydrogen) atoms. The summed E-state index contributed by atoms with van der Waals surface area (Å²) in [6.07, 6.45) is -0.157. The predicted molar refractivity (Wildman–Crippen MR) is 71.6 cm³/mol. The molecule has 2 rings (SSSR count). The number of halogens is 2. The molecule has 1 aromatic carbocycles. The molecule has 112 valence electrons. The van der Waals surface area contributed by atoms with E-state index in [1.807, 2.05) is 0 Å². The standard InChI is InChI=1S/C13H14F2N4O2/c1-7(2)20-12-17-11(16-3)18-13(19-12)21-9-6-4-5-8(14)10(9)15/h4-7H,1-3H3,(H,16,17,18,19). The third-order valence-electron chi connectivity index (χ3n) is 2.28. The number of nitrogens with one attached hydrogen (secondary N) is 1. The highest BCUT2D eigenvalue weighted by atomic mass is 19.2. The molecule has 0 saturated carbocycles. The molecule has 1 N–H and O–H groups in total. The zero-order chi connectivity index (χ0) is 15.4. The molecule has 2 aromatic rings. The van der Waals surface area contributed by atoms with E-state index in [1.165, 1.54) is 12.1 Å². The van der Waals surface area contributed by atoms with Crippen LogP contribution in [0, 0.1) is 11.6 Å². The Kier molecular flexibility index (Phi) is 4.46. The lowest BCUT2D eigenvalue weighted by Crippen LogP contribution is -2.11. The molecule has 0 aliphatic rings. The highest BCUT2D eigenvalue weighted by Gasteiger charge is 2.14. The molecule has 0 spiro atoms. The van der Waals surface area contributed by atoms with Crippen LogP contribution in [0.3, 0.4) is 0 Å². The van der Waals surface area contributed by atoms with Crippen molar-refractivity contribution >= 4 is 5.95 Å². The minimum atomic E-state index is -1.12. The van der Waals surface area contributed by atoms with Crippen molar-refractivity contribution in [2.75, 3.05) is 12.4 Å². The van der Waals surface area contributed by atoms with E-state index in [0.717, 1.165) is 6.07 Å². The van der Waals surface area contributed by atoms with Gasteiger partial charge in [0.2, 0.25) is 11.8 Å². The lowest BCUT2D eigenvalue weighted by Gasteiger charge is -2.10. The van der Waals surface area contributed by atoms with Crippen LogP contribution in [0.25, 0.3) is 0 Å². The summed E-state index contributed by atoms with van der Waals surface area (Å²) in [5, 5.41) is 2.70. The number of ether oxygens (including phenoxy) is 2. The number of anilines is 1. The largest absolute Gasteiger partial charge is 0.461 e. The van der Waals surface area contributed by atoms with Crippen molar-refractivity contribution in [2.45, 2.75) is 20.0 Å². The maximum Gasteiger partial charge on any atom is 0.330 e. The van der Waals surface area contributed by atoms with Gasteiger partial charge < -0.3 is 14.8 Å². The number of hydrogen-bond donors (Lipinski definition) is 1. The van der Waals surface area contributed by atoms with Crippen molar-refractivity contribution in [1.82, 2.24) is 15.0 Å². The van der Waals surface area contributed by atoms with Gasteiger partial charge in [-0.3, -0.25) is 0 Å². The topological polar surface area (TPSA) is 69.2 Å². The minimum absolute atomic E-state index is 0.0242. The van der Waals surface area contributed by atoms with Crippen LogP contribution in [0.5, 0.6) is 17.8 Å². The van der Waals surface area contributed by atoms with Gasteiger partial charge in [0.25, 0.3) is 0 Å². The molecule has 0 atom stereocenters. The Morgan fingerprint density at radius 1 is 1.10 bits per heavy atom. The third kappa shape index (κ3) is 3.74. The molecule has 0 radical (unpaired) electrons. The molecule has 6 nitrogen and oxygen atoms in total.